The lowest BCUT2D eigenvalue weighted by molar-refractivity contribution is -0.111. The van der Waals surface area contributed by atoms with Crippen LogP contribution in [0, 0.1) is 0 Å². The van der Waals surface area contributed by atoms with Crippen LogP contribution in [0.25, 0.3) is 0 Å². The molecule has 0 fully saturated rings. The fraction of sp³-hybridized carbons (Fsp3) is 0.167. The number of hydrogen-bond donors (Lipinski definition) is 1. The molecule has 1 aliphatic heterocycles. The highest BCUT2D eigenvalue weighted by Crippen LogP contribution is 2.03. The normalized spacial score (nSPS) is 12.0. The first-order valence-electron chi connectivity index (χ1n) is 4.91. The first-order valence-corrected chi connectivity index (χ1v) is 4.91. The highest BCUT2D eigenvalue weighted by atomic mass is 16.5. The van der Waals surface area contributed by atoms with Crippen LogP contribution in [0.3, 0.4) is 0 Å². The van der Waals surface area contributed by atoms with E-state index >= 15 is 0 Å². The van der Waals surface area contributed by atoms with Crippen molar-refractivity contribution in [2.24, 2.45) is 4.99 Å². The lowest BCUT2D eigenvalue weighted by Gasteiger charge is -1.98. The first kappa shape index (κ1) is 12.0. The number of aliphatic imine (C=N–C) groups is 1. The molecular weight excluding hydrogens is 204 g/mol. The van der Waals surface area contributed by atoms with Gasteiger partial charge in [-0.1, -0.05) is 24.8 Å². The molecule has 0 aromatic heterocycles. The summed E-state index contributed by atoms with van der Waals surface area (Å²) in [6.07, 6.45) is 2.73. The Morgan fingerprint density at radius 1 is 1.44 bits per heavy atom. The van der Waals surface area contributed by atoms with Crippen LogP contribution in [0.4, 0.5) is 5.69 Å². The van der Waals surface area contributed by atoms with E-state index in [4.69, 9.17) is 0 Å². The van der Waals surface area contributed by atoms with Gasteiger partial charge in [-0.15, -0.1) is 0 Å². The number of anilines is 1. The topological polar surface area (TPSA) is 50.7 Å². The molecule has 0 radical (unpaired) electrons. The molecule has 1 aromatic carbocycles. The molecule has 4 heteroatoms. The Morgan fingerprint density at radius 2 is 2.19 bits per heavy atom. The molecule has 0 aliphatic carbocycles. The van der Waals surface area contributed by atoms with E-state index in [0.29, 0.717) is 0 Å². The molecule has 1 amide bonds. The zero-order valence-corrected chi connectivity index (χ0v) is 8.93. The molecule has 84 valence electrons. The van der Waals surface area contributed by atoms with E-state index in [1.54, 1.807) is 0 Å². The molecule has 1 heterocycles. The van der Waals surface area contributed by atoms with Crippen LogP contribution in [0.15, 0.2) is 48.0 Å². The van der Waals surface area contributed by atoms with Gasteiger partial charge in [0.15, 0.2) is 6.40 Å². The minimum atomic E-state index is -0.184. The summed E-state index contributed by atoms with van der Waals surface area (Å²) in [6.45, 7) is 4.97. The molecule has 1 aromatic rings. The number of rotatable bonds is 2. The predicted molar refractivity (Wildman–Crippen MR) is 64.6 cm³/mol. The monoisotopic (exact) mass is 218 g/mol. The molecule has 0 spiro atoms. The van der Waals surface area contributed by atoms with Crippen molar-refractivity contribution >= 4 is 18.0 Å². The summed E-state index contributed by atoms with van der Waals surface area (Å²) in [5.74, 6) is -0.184. The maximum absolute atomic E-state index is 10.8. The minimum absolute atomic E-state index is 0.184. The molecular formula is C12H14N2O2. The zero-order valence-electron chi connectivity index (χ0n) is 8.93. The Hall–Kier alpha value is -2.10. The molecule has 1 N–H and O–H groups in total. The van der Waals surface area contributed by atoms with Gasteiger partial charge in [-0.3, -0.25) is 9.79 Å². The Morgan fingerprint density at radius 3 is 2.62 bits per heavy atom. The lowest BCUT2D eigenvalue weighted by Crippen LogP contribution is -2.06. The summed E-state index contributed by atoms with van der Waals surface area (Å²) in [6, 6.07) is 9.25. The van der Waals surface area contributed by atoms with Gasteiger partial charge in [0.25, 0.3) is 0 Å². The number of benzene rings is 1. The molecule has 0 bridgehead atoms. The van der Waals surface area contributed by atoms with Crippen molar-refractivity contribution in [1.82, 2.24) is 0 Å². The van der Waals surface area contributed by atoms with Gasteiger partial charge in [-0.05, 0) is 18.2 Å². The summed E-state index contributed by atoms with van der Waals surface area (Å²) in [7, 11) is 0. The van der Waals surface area contributed by atoms with Crippen LogP contribution in [-0.2, 0) is 9.53 Å². The standard InChI is InChI=1S/C9H9NO.C3H5NO/c1-2-9(11)10-8-6-4-3-5-7-8;1-2-5-3-4-1/h2-7H,1H2,(H,10,11);3H,1-2H2. The van der Waals surface area contributed by atoms with E-state index in [0.717, 1.165) is 18.8 Å². The van der Waals surface area contributed by atoms with E-state index in [-0.39, 0.29) is 5.91 Å². The number of nitrogens with one attached hydrogen (secondary N) is 1. The average Bonchev–Trinajstić information content (AvgIpc) is 2.89. The van der Waals surface area contributed by atoms with E-state index in [9.17, 15) is 4.79 Å². The van der Waals surface area contributed by atoms with Gasteiger partial charge < -0.3 is 10.1 Å². The van der Waals surface area contributed by atoms with Crippen LogP contribution in [0.2, 0.25) is 0 Å². The average molecular weight is 218 g/mol. The number of para-hydroxylation sites is 1. The Balaban J connectivity index is 0.000000212. The van der Waals surface area contributed by atoms with Crippen molar-refractivity contribution in [3.63, 3.8) is 0 Å². The molecule has 0 saturated heterocycles. The fourth-order valence-electron chi connectivity index (χ4n) is 0.978. The maximum Gasteiger partial charge on any atom is 0.247 e. The molecule has 2 rings (SSSR count). The fourth-order valence-corrected chi connectivity index (χ4v) is 0.978. The maximum atomic E-state index is 10.8. The van der Waals surface area contributed by atoms with Gasteiger partial charge in [0, 0.05) is 5.69 Å². The van der Waals surface area contributed by atoms with Crippen LogP contribution < -0.4 is 5.32 Å². The van der Waals surface area contributed by atoms with Gasteiger partial charge in [-0.25, -0.2) is 0 Å². The summed E-state index contributed by atoms with van der Waals surface area (Å²) < 4.78 is 4.65. The Bertz CT molecular complexity index is 355. The number of ether oxygens (including phenoxy) is 1. The van der Waals surface area contributed by atoms with Crippen LogP contribution in [-0.4, -0.2) is 25.5 Å². The van der Waals surface area contributed by atoms with Crippen molar-refractivity contribution in [3.05, 3.63) is 43.0 Å². The van der Waals surface area contributed by atoms with E-state index in [1.807, 2.05) is 30.3 Å². The van der Waals surface area contributed by atoms with Gasteiger partial charge >= 0.3 is 0 Å². The van der Waals surface area contributed by atoms with E-state index in [1.165, 1.54) is 12.5 Å². The Labute approximate surface area is 94.7 Å². The van der Waals surface area contributed by atoms with Crippen LogP contribution >= 0.6 is 0 Å². The molecule has 0 saturated carbocycles. The Kier molecular flexibility index (Phi) is 5.41. The van der Waals surface area contributed by atoms with Crippen LogP contribution in [0.1, 0.15) is 0 Å². The highest BCUT2D eigenvalue weighted by molar-refractivity contribution is 5.98. The molecule has 0 unspecified atom stereocenters. The number of carbonyl (C=O) groups excluding carboxylic acids is 1. The van der Waals surface area contributed by atoms with Crippen molar-refractivity contribution in [2.75, 3.05) is 18.5 Å². The van der Waals surface area contributed by atoms with Gasteiger partial charge in [0.2, 0.25) is 5.91 Å². The second kappa shape index (κ2) is 7.23. The third-order valence-electron chi connectivity index (χ3n) is 1.71. The van der Waals surface area contributed by atoms with Gasteiger partial charge in [0.05, 0.1) is 6.54 Å². The molecule has 0 atom stereocenters. The van der Waals surface area contributed by atoms with E-state index < -0.39 is 0 Å². The van der Waals surface area contributed by atoms with Gasteiger partial charge in [-0.2, -0.15) is 0 Å². The van der Waals surface area contributed by atoms with Crippen molar-refractivity contribution in [2.45, 2.75) is 0 Å². The second-order valence-electron chi connectivity index (χ2n) is 2.94. The third-order valence-corrected chi connectivity index (χ3v) is 1.71. The molecule has 4 nitrogen and oxygen atoms in total. The van der Waals surface area contributed by atoms with Crippen molar-refractivity contribution in [1.29, 1.82) is 0 Å². The zero-order chi connectivity index (χ0) is 11.6. The lowest BCUT2D eigenvalue weighted by atomic mass is 10.3. The smallest absolute Gasteiger partial charge is 0.247 e. The minimum Gasteiger partial charge on any atom is -0.482 e. The summed E-state index contributed by atoms with van der Waals surface area (Å²) in [4.78, 5) is 14.5. The third kappa shape index (κ3) is 4.95. The van der Waals surface area contributed by atoms with Crippen LogP contribution in [0.5, 0.6) is 0 Å². The summed E-state index contributed by atoms with van der Waals surface area (Å²) in [5, 5.41) is 2.63. The quantitative estimate of drug-likeness (QED) is 0.770. The number of amides is 1. The second-order valence-corrected chi connectivity index (χ2v) is 2.94. The summed E-state index contributed by atoms with van der Waals surface area (Å²) >= 11 is 0. The number of nitrogens with zero attached hydrogens (tertiary/aromatic N) is 1. The number of hydrogen-bond acceptors (Lipinski definition) is 3. The molecule has 16 heavy (non-hydrogen) atoms. The van der Waals surface area contributed by atoms with Gasteiger partial charge in [0.1, 0.15) is 6.61 Å². The summed E-state index contributed by atoms with van der Waals surface area (Å²) in [5.41, 5.74) is 0.789. The van der Waals surface area contributed by atoms with Crippen molar-refractivity contribution < 1.29 is 9.53 Å². The molecule has 1 aliphatic rings. The number of carbonyl (C=O) groups is 1. The SMILES string of the molecule is C1=NCCO1.C=CC(=O)Nc1ccccc1. The highest BCUT2D eigenvalue weighted by Gasteiger charge is 1.92. The largest absolute Gasteiger partial charge is 0.482 e. The first-order chi connectivity index (χ1) is 7.83. The van der Waals surface area contributed by atoms with Crippen molar-refractivity contribution in [3.8, 4) is 0 Å². The predicted octanol–water partition coefficient (Wildman–Crippen LogP) is 1.86. The van der Waals surface area contributed by atoms with E-state index in [2.05, 4.69) is 21.6 Å².